The molecule has 0 aliphatic carbocycles. The van der Waals surface area contributed by atoms with Crippen molar-refractivity contribution in [2.75, 3.05) is 18.5 Å². The van der Waals surface area contributed by atoms with Crippen molar-refractivity contribution < 1.29 is 0 Å². The molecule has 1 aromatic carbocycles. The lowest BCUT2D eigenvalue weighted by molar-refractivity contribution is 1.03. The molecule has 0 unspecified atom stereocenters. The third-order valence-electron chi connectivity index (χ3n) is 1.89. The SMILES string of the molecule is C=CCN(C)c1cc(Cl)ccc1C#N. The highest BCUT2D eigenvalue weighted by molar-refractivity contribution is 6.30. The van der Waals surface area contributed by atoms with Gasteiger partial charge in [0.25, 0.3) is 0 Å². The van der Waals surface area contributed by atoms with E-state index in [1.807, 2.05) is 11.9 Å². The van der Waals surface area contributed by atoms with Gasteiger partial charge in [-0.3, -0.25) is 0 Å². The van der Waals surface area contributed by atoms with Gasteiger partial charge >= 0.3 is 0 Å². The molecule has 0 saturated carbocycles. The molecule has 2 nitrogen and oxygen atoms in total. The van der Waals surface area contributed by atoms with Crippen LogP contribution in [0.2, 0.25) is 5.02 Å². The van der Waals surface area contributed by atoms with Crippen molar-refractivity contribution in [2.24, 2.45) is 0 Å². The first-order valence-corrected chi connectivity index (χ1v) is 4.58. The Hall–Kier alpha value is -1.46. The van der Waals surface area contributed by atoms with Crippen LogP contribution in [0.5, 0.6) is 0 Å². The molecule has 0 radical (unpaired) electrons. The van der Waals surface area contributed by atoms with Gasteiger partial charge in [0.1, 0.15) is 6.07 Å². The number of anilines is 1. The van der Waals surface area contributed by atoms with Gasteiger partial charge in [0.05, 0.1) is 11.3 Å². The van der Waals surface area contributed by atoms with Gasteiger partial charge in [0.2, 0.25) is 0 Å². The lowest BCUT2D eigenvalue weighted by atomic mass is 10.2. The Balaban J connectivity index is 3.11. The molecule has 0 aliphatic rings. The smallest absolute Gasteiger partial charge is 0.101 e. The Kier molecular flexibility index (Phi) is 3.55. The number of rotatable bonds is 3. The molecule has 0 spiro atoms. The molecule has 3 heteroatoms. The van der Waals surface area contributed by atoms with E-state index in [0.717, 1.165) is 5.69 Å². The number of halogens is 1. The van der Waals surface area contributed by atoms with E-state index in [1.165, 1.54) is 0 Å². The second-order valence-corrected chi connectivity index (χ2v) is 3.38. The van der Waals surface area contributed by atoms with Crippen molar-refractivity contribution in [1.82, 2.24) is 0 Å². The van der Waals surface area contributed by atoms with Crippen LogP contribution in [-0.4, -0.2) is 13.6 Å². The van der Waals surface area contributed by atoms with Gasteiger partial charge in [0.15, 0.2) is 0 Å². The van der Waals surface area contributed by atoms with Crippen LogP contribution in [0.3, 0.4) is 0 Å². The number of nitrogens with zero attached hydrogens (tertiary/aromatic N) is 2. The Morgan fingerprint density at radius 1 is 1.64 bits per heavy atom. The van der Waals surface area contributed by atoms with Crippen LogP contribution < -0.4 is 4.90 Å². The molecule has 0 heterocycles. The predicted molar refractivity (Wildman–Crippen MR) is 59.6 cm³/mol. The van der Waals surface area contributed by atoms with Gasteiger partial charge in [-0.15, -0.1) is 6.58 Å². The van der Waals surface area contributed by atoms with E-state index in [4.69, 9.17) is 16.9 Å². The summed E-state index contributed by atoms with van der Waals surface area (Å²) in [5.74, 6) is 0. The summed E-state index contributed by atoms with van der Waals surface area (Å²) in [6.45, 7) is 4.34. The lowest BCUT2D eigenvalue weighted by Crippen LogP contribution is -2.17. The van der Waals surface area contributed by atoms with E-state index in [-0.39, 0.29) is 0 Å². The molecule has 0 bridgehead atoms. The van der Waals surface area contributed by atoms with E-state index in [1.54, 1.807) is 24.3 Å². The molecular formula is C11H11ClN2. The van der Waals surface area contributed by atoms with Gasteiger partial charge in [-0.2, -0.15) is 5.26 Å². The van der Waals surface area contributed by atoms with Gasteiger partial charge in [-0.05, 0) is 18.2 Å². The average Bonchev–Trinajstić information content (AvgIpc) is 2.18. The molecule has 72 valence electrons. The summed E-state index contributed by atoms with van der Waals surface area (Å²) >= 11 is 5.86. The molecule has 0 N–H and O–H groups in total. The molecule has 0 aliphatic heterocycles. The summed E-state index contributed by atoms with van der Waals surface area (Å²) in [6.07, 6.45) is 1.78. The number of benzene rings is 1. The fourth-order valence-electron chi connectivity index (χ4n) is 1.21. The van der Waals surface area contributed by atoms with Gasteiger partial charge in [-0.1, -0.05) is 17.7 Å². The zero-order valence-corrected chi connectivity index (χ0v) is 8.75. The highest BCUT2D eigenvalue weighted by atomic mass is 35.5. The number of hydrogen-bond donors (Lipinski definition) is 0. The normalized spacial score (nSPS) is 9.21. The largest absolute Gasteiger partial charge is 0.370 e. The van der Waals surface area contributed by atoms with Crippen LogP contribution in [0.1, 0.15) is 5.56 Å². The third-order valence-corrected chi connectivity index (χ3v) is 2.13. The van der Waals surface area contributed by atoms with E-state index in [2.05, 4.69) is 12.6 Å². The van der Waals surface area contributed by atoms with Crippen molar-refractivity contribution in [1.29, 1.82) is 5.26 Å². The summed E-state index contributed by atoms with van der Waals surface area (Å²) < 4.78 is 0. The fraction of sp³-hybridized carbons (Fsp3) is 0.182. The maximum atomic E-state index is 8.88. The van der Waals surface area contributed by atoms with Crippen LogP contribution in [0.25, 0.3) is 0 Å². The van der Waals surface area contributed by atoms with E-state index in [0.29, 0.717) is 17.1 Å². The quantitative estimate of drug-likeness (QED) is 0.712. The molecule has 0 fully saturated rings. The van der Waals surface area contributed by atoms with Crippen molar-refractivity contribution in [3.8, 4) is 6.07 Å². The highest BCUT2D eigenvalue weighted by Gasteiger charge is 2.06. The minimum Gasteiger partial charge on any atom is -0.370 e. The van der Waals surface area contributed by atoms with Crippen molar-refractivity contribution in [2.45, 2.75) is 0 Å². The minimum absolute atomic E-state index is 0.624. The third kappa shape index (κ3) is 2.27. The van der Waals surface area contributed by atoms with E-state index in [9.17, 15) is 0 Å². The minimum atomic E-state index is 0.624. The summed E-state index contributed by atoms with van der Waals surface area (Å²) in [4.78, 5) is 1.93. The molecule has 1 rings (SSSR count). The second kappa shape index (κ2) is 4.69. The molecule has 0 amide bonds. The zero-order valence-electron chi connectivity index (χ0n) is 8.00. The molecule has 0 saturated heterocycles. The maximum absolute atomic E-state index is 8.88. The molecular weight excluding hydrogens is 196 g/mol. The summed E-state index contributed by atoms with van der Waals surface area (Å²) in [5.41, 5.74) is 1.46. The van der Waals surface area contributed by atoms with Crippen LogP contribution in [-0.2, 0) is 0 Å². The summed E-state index contributed by atoms with van der Waals surface area (Å²) in [5, 5.41) is 9.52. The monoisotopic (exact) mass is 206 g/mol. The Bertz CT molecular complexity index is 379. The van der Waals surface area contributed by atoms with Crippen molar-refractivity contribution >= 4 is 17.3 Å². The van der Waals surface area contributed by atoms with Gasteiger partial charge in [0, 0.05) is 18.6 Å². The van der Waals surface area contributed by atoms with Gasteiger partial charge in [-0.25, -0.2) is 0 Å². The standard InChI is InChI=1S/C11H11ClN2/c1-3-6-14(2)11-7-10(12)5-4-9(11)8-13/h3-5,7H,1,6H2,2H3. The van der Waals surface area contributed by atoms with Crippen LogP contribution in [0.15, 0.2) is 30.9 Å². The number of nitriles is 1. The Morgan fingerprint density at radius 2 is 2.36 bits per heavy atom. The first-order chi connectivity index (χ1) is 6.69. The number of likely N-dealkylation sites (N-methyl/N-ethyl adjacent to an activating group) is 1. The first-order valence-electron chi connectivity index (χ1n) is 4.20. The number of hydrogen-bond acceptors (Lipinski definition) is 2. The zero-order chi connectivity index (χ0) is 10.6. The van der Waals surface area contributed by atoms with E-state index >= 15 is 0 Å². The lowest BCUT2D eigenvalue weighted by Gasteiger charge is -2.18. The molecule has 0 atom stereocenters. The molecule has 1 aromatic rings. The Labute approximate surface area is 89.0 Å². The van der Waals surface area contributed by atoms with Crippen LogP contribution >= 0.6 is 11.6 Å². The summed E-state index contributed by atoms with van der Waals surface area (Å²) in [6, 6.07) is 7.34. The molecule has 14 heavy (non-hydrogen) atoms. The average molecular weight is 207 g/mol. The fourth-order valence-corrected chi connectivity index (χ4v) is 1.37. The Morgan fingerprint density at radius 3 is 2.93 bits per heavy atom. The predicted octanol–water partition coefficient (Wildman–Crippen LogP) is 2.83. The highest BCUT2D eigenvalue weighted by Crippen LogP contribution is 2.23. The van der Waals surface area contributed by atoms with Crippen LogP contribution in [0.4, 0.5) is 5.69 Å². The molecule has 0 aromatic heterocycles. The van der Waals surface area contributed by atoms with Gasteiger partial charge < -0.3 is 4.90 Å². The second-order valence-electron chi connectivity index (χ2n) is 2.94. The topological polar surface area (TPSA) is 27.0 Å². The summed E-state index contributed by atoms with van der Waals surface area (Å²) in [7, 11) is 1.90. The van der Waals surface area contributed by atoms with Crippen molar-refractivity contribution in [3.05, 3.63) is 41.4 Å². The van der Waals surface area contributed by atoms with Crippen molar-refractivity contribution in [3.63, 3.8) is 0 Å². The first kappa shape index (κ1) is 10.6. The maximum Gasteiger partial charge on any atom is 0.101 e. The van der Waals surface area contributed by atoms with E-state index < -0.39 is 0 Å². The van der Waals surface area contributed by atoms with Crippen LogP contribution in [0, 0.1) is 11.3 Å².